The lowest BCUT2D eigenvalue weighted by atomic mass is 9.91. The first kappa shape index (κ1) is 20.3. The van der Waals surface area contributed by atoms with Gasteiger partial charge in [-0.25, -0.2) is 0 Å². The average Bonchev–Trinajstić information content (AvgIpc) is 3.17. The fraction of sp³-hybridized carbons (Fsp3) is 0.333. The van der Waals surface area contributed by atoms with E-state index in [0.717, 1.165) is 17.0 Å². The topological polar surface area (TPSA) is 72.0 Å². The van der Waals surface area contributed by atoms with Crippen LogP contribution in [0.1, 0.15) is 11.5 Å². The quantitative estimate of drug-likeness (QED) is 0.525. The number of para-hydroxylation sites is 2. The van der Waals surface area contributed by atoms with Gasteiger partial charge in [-0.15, -0.1) is 0 Å². The minimum absolute atomic E-state index is 0.230. The monoisotopic (exact) mass is 408 g/mol. The van der Waals surface area contributed by atoms with Crippen molar-refractivity contribution >= 4 is 5.69 Å². The maximum Gasteiger partial charge on any atom is 0.161 e. The maximum absolute atomic E-state index is 10.3. The molecular weight excluding hydrogens is 380 g/mol. The zero-order chi connectivity index (χ0) is 20.8. The lowest BCUT2D eigenvalue weighted by Crippen LogP contribution is -2.33. The minimum Gasteiger partial charge on any atom is -0.493 e. The molecular formula is C24H28N2O4. The first-order valence-corrected chi connectivity index (χ1v) is 10.3. The van der Waals surface area contributed by atoms with Crippen LogP contribution in [-0.4, -0.2) is 50.7 Å². The minimum atomic E-state index is -0.612. The number of methoxy groups -OCH3 is 1. The molecule has 3 N–H and O–H groups in total. The standard InChI is InChI=1S/C24H28N2O4/c1-28-21-10-4-5-11-22(21)29-14-13-25-15-17(27)16-30-23-12-6-9-20-24(23)18-7-2-3-8-19(18)26-20/h2-12,17-19,25-27H,13-16H2,1H3. The lowest BCUT2D eigenvalue weighted by Gasteiger charge is -2.19. The molecule has 2 aromatic carbocycles. The molecule has 0 bridgehead atoms. The van der Waals surface area contributed by atoms with Gasteiger partial charge >= 0.3 is 0 Å². The van der Waals surface area contributed by atoms with Crippen molar-refractivity contribution in [1.82, 2.24) is 5.32 Å². The summed E-state index contributed by atoms with van der Waals surface area (Å²) >= 11 is 0. The first-order valence-electron chi connectivity index (χ1n) is 10.3. The molecule has 2 aliphatic rings. The van der Waals surface area contributed by atoms with E-state index in [9.17, 15) is 5.11 Å². The Labute approximate surface area is 177 Å². The summed E-state index contributed by atoms with van der Waals surface area (Å²) in [5.41, 5.74) is 2.26. The molecule has 30 heavy (non-hydrogen) atoms. The van der Waals surface area contributed by atoms with Gasteiger partial charge in [0.1, 0.15) is 25.1 Å². The number of anilines is 1. The number of aliphatic hydroxyl groups excluding tert-OH is 1. The highest BCUT2D eigenvalue weighted by molar-refractivity contribution is 5.67. The van der Waals surface area contributed by atoms with Crippen LogP contribution in [0.3, 0.4) is 0 Å². The molecule has 3 atom stereocenters. The van der Waals surface area contributed by atoms with Gasteiger partial charge in [0.2, 0.25) is 0 Å². The highest BCUT2D eigenvalue weighted by Crippen LogP contribution is 2.44. The van der Waals surface area contributed by atoms with Gasteiger partial charge in [-0.3, -0.25) is 0 Å². The Morgan fingerprint density at radius 1 is 1.00 bits per heavy atom. The molecule has 0 fully saturated rings. The van der Waals surface area contributed by atoms with E-state index in [-0.39, 0.29) is 18.6 Å². The van der Waals surface area contributed by atoms with Crippen LogP contribution in [0.2, 0.25) is 0 Å². The molecule has 1 heterocycles. The lowest BCUT2D eigenvalue weighted by molar-refractivity contribution is 0.105. The molecule has 6 heteroatoms. The number of hydrogen-bond donors (Lipinski definition) is 3. The zero-order valence-corrected chi connectivity index (χ0v) is 17.1. The summed E-state index contributed by atoms with van der Waals surface area (Å²) < 4.78 is 17.0. The van der Waals surface area contributed by atoms with Gasteiger partial charge in [0, 0.05) is 30.3 Å². The molecule has 0 amide bonds. The number of fused-ring (bicyclic) bond motifs is 3. The van der Waals surface area contributed by atoms with Crippen molar-refractivity contribution in [2.24, 2.45) is 0 Å². The second-order valence-corrected chi connectivity index (χ2v) is 7.35. The van der Waals surface area contributed by atoms with Crippen LogP contribution in [-0.2, 0) is 0 Å². The third-order valence-electron chi connectivity index (χ3n) is 5.27. The number of hydrogen-bond acceptors (Lipinski definition) is 6. The van der Waals surface area contributed by atoms with E-state index in [0.29, 0.717) is 31.2 Å². The molecule has 0 spiro atoms. The number of aliphatic hydroxyl groups is 1. The van der Waals surface area contributed by atoms with E-state index in [1.54, 1.807) is 7.11 Å². The van der Waals surface area contributed by atoms with Gasteiger partial charge in [-0.2, -0.15) is 0 Å². The smallest absolute Gasteiger partial charge is 0.161 e. The predicted octanol–water partition coefficient (Wildman–Crippen LogP) is 3.11. The third-order valence-corrected chi connectivity index (χ3v) is 5.27. The van der Waals surface area contributed by atoms with Crippen molar-refractivity contribution in [3.8, 4) is 17.2 Å². The second-order valence-electron chi connectivity index (χ2n) is 7.35. The van der Waals surface area contributed by atoms with E-state index in [1.807, 2.05) is 36.4 Å². The number of nitrogens with one attached hydrogen (secondary N) is 2. The van der Waals surface area contributed by atoms with Crippen molar-refractivity contribution in [2.45, 2.75) is 18.1 Å². The van der Waals surface area contributed by atoms with Gasteiger partial charge in [-0.1, -0.05) is 42.5 Å². The van der Waals surface area contributed by atoms with Gasteiger partial charge < -0.3 is 30.0 Å². The van der Waals surface area contributed by atoms with Gasteiger partial charge in [0.15, 0.2) is 11.5 Å². The van der Waals surface area contributed by atoms with Crippen LogP contribution in [0.15, 0.2) is 66.8 Å². The Bertz CT molecular complexity index is 912. The van der Waals surface area contributed by atoms with Crippen LogP contribution in [0, 0.1) is 0 Å². The van der Waals surface area contributed by atoms with Crippen molar-refractivity contribution in [2.75, 3.05) is 38.7 Å². The van der Waals surface area contributed by atoms with Crippen molar-refractivity contribution in [1.29, 1.82) is 0 Å². The molecule has 3 unspecified atom stereocenters. The van der Waals surface area contributed by atoms with Crippen LogP contribution in [0.5, 0.6) is 17.2 Å². The van der Waals surface area contributed by atoms with Crippen LogP contribution in [0.4, 0.5) is 5.69 Å². The summed E-state index contributed by atoms with van der Waals surface area (Å²) in [6.45, 7) is 1.75. The molecule has 0 saturated carbocycles. The third kappa shape index (κ3) is 4.61. The summed E-state index contributed by atoms with van der Waals surface area (Å²) in [4.78, 5) is 0. The summed E-state index contributed by atoms with van der Waals surface area (Å²) in [5, 5.41) is 17.0. The molecule has 1 aliphatic heterocycles. The Morgan fingerprint density at radius 3 is 2.67 bits per heavy atom. The Kier molecular flexibility index (Phi) is 6.57. The molecule has 0 saturated heterocycles. The van der Waals surface area contributed by atoms with E-state index in [1.165, 1.54) is 0 Å². The fourth-order valence-corrected chi connectivity index (χ4v) is 3.82. The first-order chi connectivity index (χ1) is 14.8. The Morgan fingerprint density at radius 2 is 1.80 bits per heavy atom. The summed E-state index contributed by atoms with van der Waals surface area (Å²) in [7, 11) is 1.62. The highest BCUT2D eigenvalue weighted by Gasteiger charge is 2.32. The van der Waals surface area contributed by atoms with Gasteiger partial charge in [0.05, 0.1) is 13.2 Å². The predicted molar refractivity (Wildman–Crippen MR) is 118 cm³/mol. The van der Waals surface area contributed by atoms with Crippen molar-refractivity contribution in [3.63, 3.8) is 0 Å². The molecule has 1 aliphatic carbocycles. The van der Waals surface area contributed by atoms with Crippen LogP contribution < -0.4 is 24.8 Å². The fourth-order valence-electron chi connectivity index (χ4n) is 3.82. The van der Waals surface area contributed by atoms with Crippen molar-refractivity contribution in [3.05, 3.63) is 72.3 Å². The summed E-state index contributed by atoms with van der Waals surface area (Å²) in [5.74, 6) is 2.51. The second kappa shape index (κ2) is 9.69. The maximum atomic E-state index is 10.3. The Balaban J connectivity index is 1.21. The number of benzene rings is 2. The molecule has 2 aromatic rings. The number of rotatable bonds is 10. The Hall–Kier alpha value is -2.96. The summed E-state index contributed by atoms with van der Waals surface area (Å²) in [6.07, 6.45) is 7.88. The molecule has 158 valence electrons. The largest absolute Gasteiger partial charge is 0.493 e. The highest BCUT2D eigenvalue weighted by atomic mass is 16.5. The normalized spacial score (nSPS) is 19.5. The average molecular weight is 408 g/mol. The van der Waals surface area contributed by atoms with E-state index in [4.69, 9.17) is 14.2 Å². The summed E-state index contributed by atoms with van der Waals surface area (Å²) in [6, 6.07) is 13.8. The number of allylic oxidation sites excluding steroid dienone is 2. The van der Waals surface area contributed by atoms with Crippen LogP contribution in [0.25, 0.3) is 0 Å². The van der Waals surface area contributed by atoms with E-state index >= 15 is 0 Å². The molecule has 0 radical (unpaired) electrons. The number of ether oxygens (including phenoxy) is 3. The molecule has 4 rings (SSSR count). The van der Waals surface area contributed by atoms with Crippen molar-refractivity contribution < 1.29 is 19.3 Å². The van der Waals surface area contributed by atoms with Gasteiger partial charge in [0.25, 0.3) is 0 Å². The van der Waals surface area contributed by atoms with Crippen LogP contribution >= 0.6 is 0 Å². The van der Waals surface area contributed by atoms with E-state index in [2.05, 4.69) is 41.0 Å². The SMILES string of the molecule is COc1ccccc1OCCNCC(O)COc1cccc2c1C1C=CC=CC1N2. The van der Waals surface area contributed by atoms with E-state index < -0.39 is 6.10 Å². The zero-order valence-electron chi connectivity index (χ0n) is 17.1. The van der Waals surface area contributed by atoms with Gasteiger partial charge in [-0.05, 0) is 24.3 Å². The molecule has 6 nitrogen and oxygen atoms in total. The molecule has 0 aromatic heterocycles.